The lowest BCUT2D eigenvalue weighted by molar-refractivity contribution is -0.150. The number of ketones is 1. The van der Waals surface area contributed by atoms with Gasteiger partial charge in [0.05, 0.1) is 19.4 Å². The number of esters is 1. The average molecular weight is 1230 g/mol. The molecule has 0 unspecified atom stereocenters. The lowest BCUT2D eigenvalue weighted by atomic mass is 9.94. The van der Waals surface area contributed by atoms with E-state index in [1.807, 2.05) is 0 Å². The van der Waals surface area contributed by atoms with Crippen molar-refractivity contribution >= 4 is 105 Å². The van der Waals surface area contributed by atoms with Crippen LogP contribution in [0, 0.1) is 6.42 Å². The number of aromatic hydroxyl groups is 1. The first kappa shape index (κ1) is 68.2. The molecule has 2 aliphatic rings. The van der Waals surface area contributed by atoms with Crippen LogP contribution in [0.1, 0.15) is 76.3 Å². The number of benzene rings is 2. The lowest BCUT2D eigenvalue weighted by Gasteiger charge is -2.28. The third-order valence-electron chi connectivity index (χ3n) is 13.6. The number of para-hydroxylation sites is 1. The number of primary amides is 1. The van der Waals surface area contributed by atoms with Gasteiger partial charge in [-0.2, -0.15) is 11.8 Å². The van der Waals surface area contributed by atoms with Crippen LogP contribution in [-0.2, 0) is 84.7 Å². The number of ether oxygens (including phenoxy) is 1. The predicted octanol–water partition coefficient (Wildman–Crippen LogP) is -1.97. The molecular formula is C57H70N11O18S. The van der Waals surface area contributed by atoms with Crippen LogP contribution in [0.15, 0.2) is 78.5 Å². The van der Waals surface area contributed by atoms with Gasteiger partial charge in [0.15, 0.2) is 5.78 Å². The van der Waals surface area contributed by atoms with Gasteiger partial charge in [0.1, 0.15) is 60.2 Å². The first-order valence-electron chi connectivity index (χ1n) is 27.5. The molecule has 1 fully saturated rings. The molecule has 2 aromatic carbocycles. The Morgan fingerprint density at radius 1 is 0.724 bits per heavy atom. The lowest BCUT2D eigenvalue weighted by Crippen LogP contribution is -2.61. The summed E-state index contributed by atoms with van der Waals surface area (Å²) in [6, 6.07) is -0.412. The quantitative estimate of drug-likeness (QED) is 0.0288. The van der Waals surface area contributed by atoms with Crippen molar-refractivity contribution in [2.45, 2.75) is 132 Å². The molecule has 0 saturated carbocycles. The van der Waals surface area contributed by atoms with E-state index < -0.39 is 176 Å². The maximum Gasteiger partial charge on any atom is 0.305 e. The fourth-order valence-corrected chi connectivity index (χ4v) is 9.68. The summed E-state index contributed by atoms with van der Waals surface area (Å²) in [7, 11) is 0. The first-order chi connectivity index (χ1) is 41.3. The molecule has 1 saturated heterocycles. The molecule has 1 aliphatic carbocycles. The standard InChI is InChI=1S/C57H70N11O18S/c1-29(86-30(2)69)49(68-56(84)41(23-31-13-15-34(70)16-14-31)66-55(83)43(26-48(76)77)67-52(80)38(17-19-44(58)71)63-51(79)37-18-20-45(72)61-37)57(85)60-28-46(73)62-42(24-33-27-59-36-12-8-7-11-35(33)36)54(82)64-39(21-22-87-3)53(81)65-40(25-47(74)75)50(78)32-9-5-4-6-10-32/h4-5,7-16,27,29,37-43,49,59,70H,6,17-26,28H2,1-3H3,(H2,58,71)(H,60,85)(H,61,72)(H,62,73)(H,63,79)(H,64,82)(H,65,81)(H,66,83)(H,67,80)(H,68,84)(H,74,75)(H,76,77)/t29-,37+,38+,39+,40+,41+,42+,43+,49+/m1/s1. The van der Waals surface area contributed by atoms with Crippen LogP contribution in [-0.4, -0.2) is 176 Å². The van der Waals surface area contributed by atoms with E-state index in [-0.39, 0.29) is 42.6 Å². The maximum atomic E-state index is 14.4. The molecule has 9 atom stereocenters. The number of allylic oxidation sites excluding steroid dienone is 3. The molecule has 1 aliphatic heterocycles. The number of hydrogen-bond donors (Lipinski definition) is 14. The molecule has 3 aromatic rings. The van der Waals surface area contributed by atoms with Crippen LogP contribution in [0.4, 0.5) is 0 Å². The van der Waals surface area contributed by atoms with Crippen molar-refractivity contribution < 1.29 is 87.2 Å². The van der Waals surface area contributed by atoms with Crippen molar-refractivity contribution in [2.24, 2.45) is 5.73 Å². The number of rotatable bonds is 34. The van der Waals surface area contributed by atoms with Gasteiger partial charge in [-0.3, -0.25) is 67.1 Å². The van der Waals surface area contributed by atoms with Gasteiger partial charge in [0.2, 0.25) is 59.1 Å². The Balaban J connectivity index is 1.37. The Kier molecular flexibility index (Phi) is 26.0. The second-order valence-electron chi connectivity index (χ2n) is 20.4. The number of hydrogen-bond acceptors (Lipinski definition) is 17. The molecule has 15 N–H and O–H groups in total. The van der Waals surface area contributed by atoms with Gasteiger partial charge in [-0.1, -0.05) is 48.6 Å². The number of thioether (sulfide) groups is 1. The number of fused-ring (bicyclic) bond motifs is 1. The van der Waals surface area contributed by atoms with E-state index >= 15 is 0 Å². The van der Waals surface area contributed by atoms with E-state index in [2.05, 4.69) is 52.8 Å². The van der Waals surface area contributed by atoms with Crippen molar-refractivity contribution in [3.8, 4) is 5.75 Å². The molecule has 10 amide bonds. The number of phenols is 1. The minimum absolute atomic E-state index is 0.00737. The van der Waals surface area contributed by atoms with Crippen LogP contribution in [0.2, 0.25) is 0 Å². The van der Waals surface area contributed by atoms with Crippen LogP contribution in [0.25, 0.3) is 10.9 Å². The van der Waals surface area contributed by atoms with Gasteiger partial charge in [-0.15, -0.1) is 0 Å². The number of carboxylic acids is 2. The fourth-order valence-electron chi connectivity index (χ4n) is 9.21. The SMILES string of the molecule is CSCC[C@H](NC(=O)[C@H](Cc1c[nH]c2ccccc12)NC(=O)CNC(=O)[C@@H](NC(=O)[C@H](Cc1ccc(O)cc1)NC(=O)[C@H](CC(=O)O)NC(=O)[C@H](CCC(N)=O)NC(=O)[C@@H]1CCC(=O)N1)[C@@H](C)OC(C)=O)C(=O)N[C@@H](CC(=O)O)C(=O)C1=CC=CC[CH]1. The number of Topliss-reactive ketones (excluding diaryl/α,β-unsaturated/α-hetero) is 1. The van der Waals surface area contributed by atoms with Crippen molar-refractivity contribution in [2.75, 3.05) is 18.6 Å². The summed E-state index contributed by atoms with van der Waals surface area (Å²) in [6.07, 6.45) is 5.31. The largest absolute Gasteiger partial charge is 0.508 e. The Bertz CT molecular complexity index is 3150. The second kappa shape index (κ2) is 33.2. The Morgan fingerprint density at radius 2 is 1.32 bits per heavy atom. The van der Waals surface area contributed by atoms with Gasteiger partial charge in [-0.25, -0.2) is 0 Å². The molecule has 5 rings (SSSR count). The number of nitrogens with two attached hydrogens (primary N) is 1. The zero-order valence-corrected chi connectivity index (χ0v) is 48.5. The minimum atomic E-state index is -1.99. The third kappa shape index (κ3) is 21.8. The molecule has 2 heterocycles. The minimum Gasteiger partial charge on any atom is -0.508 e. The highest BCUT2D eigenvalue weighted by molar-refractivity contribution is 7.98. The van der Waals surface area contributed by atoms with Gasteiger partial charge in [-0.05, 0) is 80.4 Å². The molecule has 87 heavy (non-hydrogen) atoms. The predicted molar refractivity (Wildman–Crippen MR) is 310 cm³/mol. The Labute approximate surface area is 502 Å². The highest BCUT2D eigenvalue weighted by Gasteiger charge is 2.38. The summed E-state index contributed by atoms with van der Waals surface area (Å²) in [5, 5.41) is 51.9. The fraction of sp³-hybridized carbons (Fsp3) is 0.421. The van der Waals surface area contributed by atoms with E-state index in [4.69, 9.17) is 10.5 Å². The number of carbonyl (C=O) groups is 14. The number of phenolic OH excluding ortho intramolecular Hbond substituents is 1. The van der Waals surface area contributed by atoms with Gasteiger partial charge < -0.3 is 78.6 Å². The third-order valence-corrected chi connectivity index (χ3v) is 14.3. The smallest absolute Gasteiger partial charge is 0.305 e. The van der Waals surface area contributed by atoms with Crippen LogP contribution in [0.3, 0.4) is 0 Å². The first-order valence-corrected chi connectivity index (χ1v) is 28.9. The molecule has 1 radical (unpaired) electrons. The highest BCUT2D eigenvalue weighted by atomic mass is 32.2. The van der Waals surface area contributed by atoms with Gasteiger partial charge in [0, 0.05) is 55.3 Å². The zero-order valence-electron chi connectivity index (χ0n) is 47.6. The van der Waals surface area contributed by atoms with E-state index in [1.165, 1.54) is 49.0 Å². The summed E-state index contributed by atoms with van der Waals surface area (Å²) < 4.78 is 5.27. The van der Waals surface area contributed by atoms with E-state index in [9.17, 15) is 82.4 Å². The monoisotopic (exact) mass is 1230 g/mol. The number of aromatic nitrogens is 1. The molecule has 0 spiro atoms. The Hall–Kier alpha value is -9.61. The Morgan fingerprint density at radius 3 is 1.94 bits per heavy atom. The molecule has 30 heteroatoms. The second-order valence-corrected chi connectivity index (χ2v) is 21.4. The zero-order chi connectivity index (χ0) is 63.9. The summed E-state index contributed by atoms with van der Waals surface area (Å²) in [6.45, 7) is 1.30. The normalized spacial score (nSPS) is 16.2. The van der Waals surface area contributed by atoms with E-state index in [1.54, 1.807) is 55.3 Å². The number of aromatic amines is 1. The van der Waals surface area contributed by atoms with Crippen molar-refractivity contribution in [3.63, 3.8) is 0 Å². The molecular weight excluding hydrogens is 1160 g/mol. The maximum absolute atomic E-state index is 14.4. The van der Waals surface area contributed by atoms with Crippen molar-refractivity contribution in [1.29, 1.82) is 0 Å². The van der Waals surface area contributed by atoms with Gasteiger partial charge >= 0.3 is 17.9 Å². The highest BCUT2D eigenvalue weighted by Crippen LogP contribution is 2.21. The van der Waals surface area contributed by atoms with Crippen LogP contribution < -0.4 is 53.6 Å². The number of carboxylic acid groups (broad SMARTS) is 2. The average Bonchev–Trinajstić information content (AvgIpc) is 2.38. The molecule has 29 nitrogen and oxygen atoms in total. The van der Waals surface area contributed by atoms with Crippen LogP contribution in [0.5, 0.6) is 5.75 Å². The van der Waals surface area contributed by atoms with Crippen molar-refractivity contribution in [3.05, 3.63) is 96.1 Å². The van der Waals surface area contributed by atoms with Crippen LogP contribution >= 0.6 is 11.8 Å². The van der Waals surface area contributed by atoms with Crippen molar-refractivity contribution in [1.82, 2.24) is 52.8 Å². The summed E-state index contributed by atoms with van der Waals surface area (Å²) in [5.41, 5.74) is 6.95. The number of carbonyl (C=O) groups excluding carboxylic acids is 12. The number of H-pyrrole nitrogens is 1. The molecule has 0 bridgehead atoms. The number of aliphatic carboxylic acids is 2. The number of amides is 10. The van der Waals surface area contributed by atoms with E-state index in [0.717, 1.165) is 6.92 Å². The summed E-state index contributed by atoms with van der Waals surface area (Å²) in [5.74, 6) is -14.2. The topological polar surface area (TPSA) is 459 Å². The van der Waals surface area contributed by atoms with E-state index in [0.29, 0.717) is 28.6 Å². The van der Waals surface area contributed by atoms with Gasteiger partial charge in [0.25, 0.3) is 0 Å². The molecule has 1 aromatic heterocycles. The summed E-state index contributed by atoms with van der Waals surface area (Å²) in [4.78, 5) is 188. The summed E-state index contributed by atoms with van der Waals surface area (Å²) >= 11 is 1.32. The molecule has 467 valence electrons. The number of nitrogens with one attached hydrogen (secondary N) is 10.